The summed E-state index contributed by atoms with van der Waals surface area (Å²) < 4.78 is 0. The highest BCUT2D eigenvalue weighted by Crippen LogP contribution is 2.35. The van der Waals surface area contributed by atoms with Crippen LogP contribution < -0.4 is 5.32 Å². The molecule has 1 N–H and O–H groups in total. The van der Waals surface area contributed by atoms with Gasteiger partial charge in [-0.25, -0.2) is 0 Å². The van der Waals surface area contributed by atoms with Gasteiger partial charge in [0.2, 0.25) is 0 Å². The van der Waals surface area contributed by atoms with E-state index in [4.69, 9.17) is 0 Å². The first-order valence-corrected chi connectivity index (χ1v) is 6.42. The summed E-state index contributed by atoms with van der Waals surface area (Å²) in [6.07, 6.45) is 0. The molecule has 0 radical (unpaired) electrons. The number of rotatable bonds is 2. The molecule has 0 spiro atoms. The van der Waals surface area contributed by atoms with Crippen molar-refractivity contribution in [2.45, 2.75) is 36.3 Å². The van der Waals surface area contributed by atoms with Gasteiger partial charge in [0.1, 0.15) is 0 Å². The van der Waals surface area contributed by atoms with E-state index < -0.39 is 0 Å². The molecule has 3 heteroatoms. The molecule has 0 aromatic heterocycles. The lowest BCUT2D eigenvalue weighted by Gasteiger charge is -2.29. The molecule has 0 amide bonds. The lowest BCUT2D eigenvalue weighted by atomic mass is 9.87. The number of thioether (sulfide) groups is 1. The van der Waals surface area contributed by atoms with E-state index in [1.807, 2.05) is 11.8 Å². The summed E-state index contributed by atoms with van der Waals surface area (Å²) in [5.41, 5.74) is 1.72. The number of hydrogen-bond donors (Lipinski definition) is 1. The predicted octanol–water partition coefficient (Wildman–Crippen LogP) is 3.47. The van der Waals surface area contributed by atoms with Crippen LogP contribution in [0.15, 0.2) is 29.2 Å². The van der Waals surface area contributed by atoms with Crippen molar-refractivity contribution in [1.82, 2.24) is 5.32 Å². The highest BCUT2D eigenvalue weighted by molar-refractivity contribution is 8.00. The van der Waals surface area contributed by atoms with Crippen LogP contribution in [-0.4, -0.2) is 18.3 Å². The standard InChI is InChI=1S/C13H19NS.ClH/c1-13(2,3)11-6-4-5-7-12(11)15-10-8-14-9-10;/h4-7,10,14H,8-9H2,1-3H3;1H. The van der Waals surface area contributed by atoms with Crippen LogP contribution in [0, 0.1) is 0 Å². The number of halogens is 1. The molecule has 1 fully saturated rings. The van der Waals surface area contributed by atoms with Crippen molar-refractivity contribution in [2.24, 2.45) is 0 Å². The maximum absolute atomic E-state index is 3.32. The van der Waals surface area contributed by atoms with E-state index in [0.29, 0.717) is 0 Å². The molecule has 0 unspecified atom stereocenters. The molecule has 1 heterocycles. The zero-order valence-electron chi connectivity index (χ0n) is 10.1. The molecular weight excluding hydrogens is 238 g/mol. The molecule has 0 atom stereocenters. The molecule has 1 nitrogen and oxygen atoms in total. The second kappa shape index (κ2) is 5.44. The van der Waals surface area contributed by atoms with Crippen LogP contribution in [0.3, 0.4) is 0 Å². The normalized spacial score (nSPS) is 16.4. The van der Waals surface area contributed by atoms with Crippen molar-refractivity contribution in [3.63, 3.8) is 0 Å². The Hall–Kier alpha value is -0.180. The van der Waals surface area contributed by atoms with Gasteiger partial charge in [0.15, 0.2) is 0 Å². The smallest absolute Gasteiger partial charge is 0.0344 e. The average Bonchev–Trinajstić information content (AvgIpc) is 2.10. The van der Waals surface area contributed by atoms with Crippen molar-refractivity contribution < 1.29 is 0 Å². The van der Waals surface area contributed by atoms with E-state index in [1.54, 1.807) is 0 Å². The molecule has 1 aromatic carbocycles. The fraction of sp³-hybridized carbons (Fsp3) is 0.538. The summed E-state index contributed by atoms with van der Waals surface area (Å²) in [5.74, 6) is 0. The summed E-state index contributed by atoms with van der Waals surface area (Å²) in [7, 11) is 0. The third-order valence-corrected chi connectivity index (χ3v) is 4.01. The molecule has 1 aromatic rings. The lowest BCUT2D eigenvalue weighted by molar-refractivity contribution is 0.541. The minimum absolute atomic E-state index is 0. The Morgan fingerprint density at radius 2 is 1.81 bits per heavy atom. The second-order valence-corrected chi connectivity index (χ2v) is 6.49. The van der Waals surface area contributed by atoms with Crippen molar-refractivity contribution in [1.29, 1.82) is 0 Å². The Balaban J connectivity index is 0.00000128. The van der Waals surface area contributed by atoms with Crippen LogP contribution >= 0.6 is 24.2 Å². The predicted molar refractivity (Wildman–Crippen MR) is 74.9 cm³/mol. The largest absolute Gasteiger partial charge is 0.314 e. The molecule has 0 saturated carbocycles. The number of benzene rings is 1. The highest BCUT2D eigenvalue weighted by atomic mass is 35.5. The molecule has 1 aliphatic heterocycles. The summed E-state index contributed by atoms with van der Waals surface area (Å²) >= 11 is 2.02. The van der Waals surface area contributed by atoms with E-state index in [0.717, 1.165) is 18.3 Å². The van der Waals surface area contributed by atoms with Crippen molar-refractivity contribution in [3.05, 3.63) is 29.8 Å². The van der Waals surface area contributed by atoms with Gasteiger partial charge in [-0.3, -0.25) is 0 Å². The van der Waals surface area contributed by atoms with Crippen LogP contribution in [0.4, 0.5) is 0 Å². The van der Waals surface area contributed by atoms with Gasteiger partial charge in [-0.05, 0) is 17.0 Å². The van der Waals surface area contributed by atoms with Gasteiger partial charge in [0, 0.05) is 23.2 Å². The maximum Gasteiger partial charge on any atom is 0.0344 e. The molecule has 16 heavy (non-hydrogen) atoms. The van der Waals surface area contributed by atoms with Crippen LogP contribution in [0.1, 0.15) is 26.3 Å². The van der Waals surface area contributed by atoms with Gasteiger partial charge in [-0.15, -0.1) is 24.2 Å². The first-order chi connectivity index (χ1) is 7.07. The van der Waals surface area contributed by atoms with E-state index in [-0.39, 0.29) is 17.8 Å². The van der Waals surface area contributed by atoms with Gasteiger partial charge in [0.25, 0.3) is 0 Å². The van der Waals surface area contributed by atoms with E-state index in [1.165, 1.54) is 10.5 Å². The van der Waals surface area contributed by atoms with Crippen LogP contribution in [0.2, 0.25) is 0 Å². The van der Waals surface area contributed by atoms with Crippen molar-refractivity contribution >= 4 is 24.2 Å². The lowest BCUT2D eigenvalue weighted by Crippen LogP contribution is -2.44. The fourth-order valence-corrected chi connectivity index (χ4v) is 3.13. The van der Waals surface area contributed by atoms with Gasteiger partial charge in [-0.1, -0.05) is 39.0 Å². The molecule has 1 saturated heterocycles. The maximum atomic E-state index is 3.32. The Kier molecular flexibility index (Phi) is 4.72. The van der Waals surface area contributed by atoms with Gasteiger partial charge >= 0.3 is 0 Å². The van der Waals surface area contributed by atoms with Crippen LogP contribution in [0.5, 0.6) is 0 Å². The first-order valence-electron chi connectivity index (χ1n) is 5.54. The Morgan fingerprint density at radius 1 is 1.19 bits per heavy atom. The molecule has 0 aliphatic carbocycles. The monoisotopic (exact) mass is 257 g/mol. The number of hydrogen-bond acceptors (Lipinski definition) is 2. The molecule has 2 rings (SSSR count). The minimum Gasteiger partial charge on any atom is -0.314 e. The topological polar surface area (TPSA) is 12.0 Å². The van der Waals surface area contributed by atoms with E-state index in [2.05, 4.69) is 50.4 Å². The number of nitrogens with one attached hydrogen (secondary N) is 1. The third kappa shape index (κ3) is 3.16. The molecule has 0 bridgehead atoms. The van der Waals surface area contributed by atoms with Crippen molar-refractivity contribution in [2.75, 3.05) is 13.1 Å². The Bertz CT molecular complexity index is 342. The zero-order chi connectivity index (χ0) is 10.9. The molecule has 90 valence electrons. The summed E-state index contributed by atoms with van der Waals surface area (Å²) in [5, 5.41) is 4.09. The SMILES string of the molecule is CC(C)(C)c1ccccc1SC1CNC1.Cl. The summed E-state index contributed by atoms with van der Waals surface area (Å²) in [6, 6.07) is 8.80. The fourth-order valence-electron chi connectivity index (χ4n) is 1.71. The van der Waals surface area contributed by atoms with Crippen molar-refractivity contribution in [3.8, 4) is 0 Å². The zero-order valence-corrected chi connectivity index (χ0v) is 11.8. The van der Waals surface area contributed by atoms with Gasteiger partial charge < -0.3 is 5.32 Å². The third-order valence-electron chi connectivity index (χ3n) is 2.73. The Labute approximate surface area is 109 Å². The first kappa shape index (κ1) is 13.9. The van der Waals surface area contributed by atoms with Crippen LogP contribution in [0.25, 0.3) is 0 Å². The molecule has 1 aliphatic rings. The van der Waals surface area contributed by atoms with E-state index in [9.17, 15) is 0 Å². The average molecular weight is 258 g/mol. The highest BCUT2D eigenvalue weighted by Gasteiger charge is 2.22. The second-order valence-electron chi connectivity index (χ2n) is 5.14. The minimum atomic E-state index is 0. The van der Waals surface area contributed by atoms with E-state index >= 15 is 0 Å². The quantitative estimate of drug-likeness (QED) is 0.871. The molecular formula is C13H20ClNS. The van der Waals surface area contributed by atoms with Gasteiger partial charge in [0.05, 0.1) is 0 Å². The summed E-state index contributed by atoms with van der Waals surface area (Å²) in [6.45, 7) is 9.16. The van der Waals surface area contributed by atoms with Gasteiger partial charge in [-0.2, -0.15) is 0 Å². The summed E-state index contributed by atoms with van der Waals surface area (Å²) in [4.78, 5) is 1.46. The Morgan fingerprint density at radius 3 is 2.31 bits per heavy atom. The van der Waals surface area contributed by atoms with Crippen LogP contribution in [-0.2, 0) is 5.41 Å².